The molecule has 0 spiro atoms. The van der Waals surface area contributed by atoms with Crippen molar-refractivity contribution in [1.82, 2.24) is 4.98 Å². The van der Waals surface area contributed by atoms with E-state index >= 15 is 0 Å². The molecule has 5 nitrogen and oxygen atoms in total. The predicted molar refractivity (Wildman–Crippen MR) is 102 cm³/mol. The molecule has 2 heterocycles. The fraction of sp³-hybridized carbons (Fsp3) is 0.421. The van der Waals surface area contributed by atoms with Crippen molar-refractivity contribution in [3.8, 4) is 0 Å². The molecule has 0 atom stereocenters. The van der Waals surface area contributed by atoms with Crippen LogP contribution >= 0.6 is 0 Å². The molecular weight excluding hydrogens is 334 g/mol. The van der Waals surface area contributed by atoms with Crippen LogP contribution in [0.2, 0.25) is 0 Å². The van der Waals surface area contributed by atoms with Crippen molar-refractivity contribution in [3.05, 3.63) is 54.2 Å². The number of hydrogen-bond donors (Lipinski definition) is 1. The monoisotopic (exact) mass is 359 g/mol. The van der Waals surface area contributed by atoms with Crippen molar-refractivity contribution in [2.45, 2.75) is 32.1 Å². The van der Waals surface area contributed by atoms with E-state index in [0.717, 1.165) is 24.3 Å². The Labute approximate surface area is 150 Å². The number of hydrogen-bond acceptors (Lipinski definition) is 4. The molecule has 1 N–H and O–H groups in total. The fourth-order valence-corrected chi connectivity index (χ4v) is 4.12. The van der Waals surface area contributed by atoms with Crippen molar-refractivity contribution in [2.75, 3.05) is 28.5 Å². The van der Waals surface area contributed by atoms with E-state index < -0.39 is 10.0 Å². The highest BCUT2D eigenvalue weighted by Gasteiger charge is 2.13. The Morgan fingerprint density at radius 2 is 1.68 bits per heavy atom. The number of benzene rings is 1. The van der Waals surface area contributed by atoms with Crippen LogP contribution in [0.15, 0.2) is 48.7 Å². The first-order valence-electron chi connectivity index (χ1n) is 8.88. The minimum atomic E-state index is -3.40. The van der Waals surface area contributed by atoms with Crippen molar-refractivity contribution < 1.29 is 8.42 Å². The molecule has 1 fully saturated rings. The molecule has 1 aromatic carbocycles. The summed E-state index contributed by atoms with van der Waals surface area (Å²) in [5.41, 5.74) is 2.08. The number of aromatic nitrogens is 1. The van der Waals surface area contributed by atoms with Gasteiger partial charge in [-0.25, -0.2) is 13.4 Å². The summed E-state index contributed by atoms with van der Waals surface area (Å²) in [6, 6.07) is 13.3. The molecule has 0 saturated carbocycles. The number of aryl methyl sites for hydroxylation is 1. The third-order valence-corrected chi connectivity index (χ3v) is 5.74. The van der Waals surface area contributed by atoms with Gasteiger partial charge >= 0.3 is 0 Å². The van der Waals surface area contributed by atoms with Crippen LogP contribution in [-0.4, -0.2) is 32.2 Å². The van der Waals surface area contributed by atoms with Gasteiger partial charge in [-0.05, 0) is 37.0 Å². The first kappa shape index (κ1) is 17.7. The molecule has 0 bridgehead atoms. The maximum absolute atomic E-state index is 12.2. The Bertz CT molecular complexity index is 753. The molecule has 0 radical (unpaired) electrons. The van der Waals surface area contributed by atoms with Gasteiger partial charge in [-0.1, -0.05) is 43.2 Å². The molecule has 2 aromatic rings. The summed E-state index contributed by atoms with van der Waals surface area (Å²) >= 11 is 0. The van der Waals surface area contributed by atoms with Crippen molar-refractivity contribution in [2.24, 2.45) is 0 Å². The SMILES string of the molecule is O=S(=O)(CCc1ccccc1)Nc1ccc(N2CCCCCC2)cn1. The maximum atomic E-state index is 12.2. The molecule has 1 saturated heterocycles. The summed E-state index contributed by atoms with van der Waals surface area (Å²) < 4.78 is 27.1. The highest BCUT2D eigenvalue weighted by Crippen LogP contribution is 2.20. The average Bonchev–Trinajstić information content (AvgIpc) is 2.91. The lowest BCUT2D eigenvalue weighted by molar-refractivity contribution is 0.600. The van der Waals surface area contributed by atoms with E-state index in [9.17, 15) is 8.42 Å². The lowest BCUT2D eigenvalue weighted by atomic mass is 10.2. The molecule has 3 rings (SSSR count). The smallest absolute Gasteiger partial charge is 0.234 e. The predicted octanol–water partition coefficient (Wildman–Crippen LogP) is 3.45. The molecule has 1 aromatic heterocycles. The molecular formula is C19H25N3O2S. The zero-order valence-electron chi connectivity index (χ0n) is 14.4. The maximum Gasteiger partial charge on any atom is 0.234 e. The van der Waals surface area contributed by atoms with Crippen LogP contribution in [0.3, 0.4) is 0 Å². The van der Waals surface area contributed by atoms with Gasteiger partial charge in [-0.3, -0.25) is 4.72 Å². The van der Waals surface area contributed by atoms with Gasteiger partial charge in [0.15, 0.2) is 0 Å². The molecule has 1 aliphatic heterocycles. The van der Waals surface area contributed by atoms with Crippen LogP contribution in [0.1, 0.15) is 31.2 Å². The standard InChI is InChI=1S/C19H25N3O2S/c23-25(24,15-12-17-8-4-3-5-9-17)21-19-11-10-18(16-20-19)22-13-6-1-2-7-14-22/h3-5,8-11,16H,1-2,6-7,12-15H2,(H,20,21). The second-order valence-electron chi connectivity index (χ2n) is 6.46. The van der Waals surface area contributed by atoms with Gasteiger partial charge in [0.2, 0.25) is 10.0 Å². The van der Waals surface area contributed by atoms with E-state index in [1.807, 2.05) is 36.4 Å². The molecule has 0 amide bonds. The second-order valence-corrected chi connectivity index (χ2v) is 8.30. The van der Waals surface area contributed by atoms with Crippen LogP contribution in [-0.2, 0) is 16.4 Å². The second kappa shape index (κ2) is 8.34. The summed E-state index contributed by atoms with van der Waals surface area (Å²) in [6.45, 7) is 2.09. The summed E-state index contributed by atoms with van der Waals surface area (Å²) in [5, 5.41) is 0. The Kier molecular flexibility index (Phi) is 5.91. The lowest BCUT2D eigenvalue weighted by Gasteiger charge is -2.22. The lowest BCUT2D eigenvalue weighted by Crippen LogP contribution is -2.24. The van der Waals surface area contributed by atoms with Crippen LogP contribution in [0.4, 0.5) is 11.5 Å². The summed E-state index contributed by atoms with van der Waals surface area (Å²) in [5.74, 6) is 0.429. The van der Waals surface area contributed by atoms with Crippen LogP contribution in [0.5, 0.6) is 0 Å². The van der Waals surface area contributed by atoms with Gasteiger partial charge in [0, 0.05) is 13.1 Å². The minimum absolute atomic E-state index is 0.0482. The normalized spacial score (nSPS) is 15.6. The zero-order chi connectivity index (χ0) is 17.5. The molecule has 0 aliphatic carbocycles. The average molecular weight is 359 g/mol. The van der Waals surface area contributed by atoms with Crippen molar-refractivity contribution in [3.63, 3.8) is 0 Å². The first-order valence-corrected chi connectivity index (χ1v) is 10.5. The summed E-state index contributed by atoms with van der Waals surface area (Å²) in [6.07, 6.45) is 7.22. The zero-order valence-corrected chi connectivity index (χ0v) is 15.2. The van der Waals surface area contributed by atoms with Gasteiger partial charge < -0.3 is 4.90 Å². The van der Waals surface area contributed by atoms with Gasteiger partial charge in [0.05, 0.1) is 17.6 Å². The molecule has 25 heavy (non-hydrogen) atoms. The minimum Gasteiger partial charge on any atom is -0.370 e. The Morgan fingerprint density at radius 1 is 0.960 bits per heavy atom. The molecule has 1 aliphatic rings. The number of sulfonamides is 1. The molecule has 134 valence electrons. The topological polar surface area (TPSA) is 62.3 Å². The van der Waals surface area contributed by atoms with E-state index in [0.29, 0.717) is 12.2 Å². The number of nitrogens with one attached hydrogen (secondary N) is 1. The van der Waals surface area contributed by atoms with E-state index in [1.54, 1.807) is 12.3 Å². The van der Waals surface area contributed by atoms with Crippen LogP contribution in [0, 0.1) is 0 Å². The Morgan fingerprint density at radius 3 is 2.32 bits per heavy atom. The van der Waals surface area contributed by atoms with Gasteiger partial charge in [0.25, 0.3) is 0 Å². The van der Waals surface area contributed by atoms with E-state index in [-0.39, 0.29) is 5.75 Å². The molecule has 0 unspecified atom stereocenters. The Balaban J connectivity index is 1.58. The van der Waals surface area contributed by atoms with Crippen molar-refractivity contribution >= 4 is 21.5 Å². The highest BCUT2D eigenvalue weighted by molar-refractivity contribution is 7.92. The van der Waals surface area contributed by atoms with E-state index in [4.69, 9.17) is 0 Å². The first-order chi connectivity index (χ1) is 12.1. The summed E-state index contributed by atoms with van der Waals surface area (Å²) in [4.78, 5) is 6.62. The number of pyridine rings is 1. The van der Waals surface area contributed by atoms with E-state index in [1.165, 1.54) is 25.7 Å². The fourth-order valence-electron chi connectivity index (χ4n) is 3.07. The van der Waals surface area contributed by atoms with E-state index in [2.05, 4.69) is 14.6 Å². The highest BCUT2D eigenvalue weighted by atomic mass is 32.2. The largest absolute Gasteiger partial charge is 0.370 e. The number of rotatable bonds is 6. The van der Waals surface area contributed by atoms with Gasteiger partial charge in [-0.15, -0.1) is 0 Å². The number of anilines is 2. The van der Waals surface area contributed by atoms with Crippen LogP contribution in [0.25, 0.3) is 0 Å². The third kappa shape index (κ3) is 5.46. The van der Waals surface area contributed by atoms with Crippen LogP contribution < -0.4 is 9.62 Å². The van der Waals surface area contributed by atoms with Gasteiger partial charge in [-0.2, -0.15) is 0 Å². The van der Waals surface area contributed by atoms with Crippen molar-refractivity contribution in [1.29, 1.82) is 0 Å². The molecule has 6 heteroatoms. The Hall–Kier alpha value is -2.08. The summed E-state index contributed by atoms with van der Waals surface area (Å²) in [7, 11) is -3.40. The third-order valence-electron chi connectivity index (χ3n) is 4.48. The number of nitrogens with zero attached hydrogens (tertiary/aromatic N) is 2. The van der Waals surface area contributed by atoms with Gasteiger partial charge in [0.1, 0.15) is 5.82 Å². The quantitative estimate of drug-likeness (QED) is 0.858.